The summed E-state index contributed by atoms with van der Waals surface area (Å²) in [6.07, 6.45) is 1.74. The van der Waals surface area contributed by atoms with Crippen LogP contribution in [0, 0.1) is 0 Å². The SMILES string of the molecule is COc1ccc(CNCC(C)S(C)=O)cc1. The zero-order valence-electron chi connectivity index (χ0n) is 10.0. The number of rotatable bonds is 6. The first kappa shape index (κ1) is 13.2. The van der Waals surface area contributed by atoms with Crippen LogP contribution in [0.1, 0.15) is 12.5 Å². The minimum absolute atomic E-state index is 0.193. The average Bonchev–Trinajstić information content (AvgIpc) is 2.29. The van der Waals surface area contributed by atoms with E-state index < -0.39 is 10.8 Å². The quantitative estimate of drug-likeness (QED) is 0.821. The Labute approximate surface area is 99.7 Å². The number of nitrogens with one attached hydrogen (secondary N) is 1. The minimum atomic E-state index is -0.756. The van der Waals surface area contributed by atoms with Gasteiger partial charge in [-0.05, 0) is 24.6 Å². The lowest BCUT2D eigenvalue weighted by Crippen LogP contribution is -2.27. The molecular formula is C12H19NO2S. The first-order chi connectivity index (χ1) is 7.63. The summed E-state index contributed by atoms with van der Waals surface area (Å²) in [7, 11) is 0.902. The maximum Gasteiger partial charge on any atom is 0.118 e. The summed E-state index contributed by atoms with van der Waals surface area (Å²) in [5.41, 5.74) is 1.20. The number of hydrogen-bond acceptors (Lipinski definition) is 3. The van der Waals surface area contributed by atoms with E-state index >= 15 is 0 Å². The third-order valence-electron chi connectivity index (χ3n) is 2.49. The third-order valence-corrected chi connectivity index (χ3v) is 3.79. The Morgan fingerprint density at radius 3 is 2.50 bits per heavy atom. The summed E-state index contributed by atoms with van der Waals surface area (Å²) in [6.45, 7) is 3.55. The van der Waals surface area contributed by atoms with Crippen LogP contribution >= 0.6 is 0 Å². The van der Waals surface area contributed by atoms with Crippen molar-refractivity contribution in [2.75, 3.05) is 19.9 Å². The minimum Gasteiger partial charge on any atom is -0.497 e. The molecule has 2 atom stereocenters. The van der Waals surface area contributed by atoms with Crippen molar-refractivity contribution < 1.29 is 8.95 Å². The van der Waals surface area contributed by atoms with Crippen molar-refractivity contribution >= 4 is 10.8 Å². The van der Waals surface area contributed by atoms with Crippen molar-refractivity contribution in [3.05, 3.63) is 29.8 Å². The molecular weight excluding hydrogens is 222 g/mol. The molecule has 0 aliphatic rings. The summed E-state index contributed by atoms with van der Waals surface area (Å²) in [5, 5.41) is 3.48. The predicted molar refractivity (Wildman–Crippen MR) is 68.2 cm³/mol. The fourth-order valence-electron chi connectivity index (χ4n) is 1.28. The molecule has 0 saturated heterocycles. The Bertz CT molecular complexity index is 337. The van der Waals surface area contributed by atoms with Crippen molar-refractivity contribution in [2.45, 2.75) is 18.7 Å². The molecule has 1 rings (SSSR count). The zero-order chi connectivity index (χ0) is 12.0. The van der Waals surface area contributed by atoms with Gasteiger partial charge in [0.15, 0.2) is 0 Å². The molecule has 90 valence electrons. The van der Waals surface area contributed by atoms with Gasteiger partial charge in [-0.15, -0.1) is 0 Å². The summed E-state index contributed by atoms with van der Waals surface area (Å²) < 4.78 is 16.2. The Hall–Kier alpha value is -0.870. The van der Waals surface area contributed by atoms with Crippen molar-refractivity contribution in [3.8, 4) is 5.75 Å². The van der Waals surface area contributed by atoms with Crippen LogP contribution in [0.3, 0.4) is 0 Å². The van der Waals surface area contributed by atoms with Crippen molar-refractivity contribution in [1.29, 1.82) is 0 Å². The van der Waals surface area contributed by atoms with Crippen LogP contribution in [-0.2, 0) is 17.3 Å². The van der Waals surface area contributed by atoms with E-state index in [1.54, 1.807) is 13.4 Å². The van der Waals surface area contributed by atoms with Gasteiger partial charge in [0, 0.05) is 35.4 Å². The first-order valence-electron chi connectivity index (χ1n) is 5.29. The molecule has 0 aromatic heterocycles. The summed E-state index contributed by atoms with van der Waals surface area (Å²) in [4.78, 5) is 0. The van der Waals surface area contributed by atoms with Gasteiger partial charge in [0.05, 0.1) is 7.11 Å². The van der Waals surface area contributed by atoms with E-state index in [9.17, 15) is 4.21 Å². The fraction of sp³-hybridized carbons (Fsp3) is 0.500. The highest BCUT2D eigenvalue weighted by Crippen LogP contribution is 2.10. The molecule has 0 fully saturated rings. The van der Waals surface area contributed by atoms with E-state index in [1.165, 1.54) is 5.56 Å². The van der Waals surface area contributed by atoms with Gasteiger partial charge in [0.25, 0.3) is 0 Å². The average molecular weight is 241 g/mol. The highest BCUT2D eigenvalue weighted by Gasteiger charge is 2.04. The van der Waals surface area contributed by atoms with Gasteiger partial charge in [0.2, 0.25) is 0 Å². The van der Waals surface area contributed by atoms with E-state index in [0.29, 0.717) is 0 Å². The number of ether oxygens (including phenoxy) is 1. The molecule has 0 saturated carbocycles. The second kappa shape index (κ2) is 6.66. The molecule has 0 spiro atoms. The molecule has 1 aromatic rings. The Kier molecular flexibility index (Phi) is 5.49. The zero-order valence-corrected chi connectivity index (χ0v) is 10.8. The van der Waals surface area contributed by atoms with Gasteiger partial charge in [-0.2, -0.15) is 0 Å². The Morgan fingerprint density at radius 2 is 2.00 bits per heavy atom. The maximum absolute atomic E-state index is 11.1. The van der Waals surface area contributed by atoms with E-state index in [4.69, 9.17) is 4.74 Å². The molecule has 16 heavy (non-hydrogen) atoms. The predicted octanol–water partition coefficient (Wildman–Crippen LogP) is 1.55. The molecule has 1 N–H and O–H groups in total. The van der Waals surface area contributed by atoms with Gasteiger partial charge >= 0.3 is 0 Å². The lowest BCUT2D eigenvalue weighted by molar-refractivity contribution is 0.414. The van der Waals surface area contributed by atoms with Gasteiger partial charge in [-0.25, -0.2) is 0 Å². The third kappa shape index (κ3) is 4.33. The number of benzene rings is 1. The lowest BCUT2D eigenvalue weighted by Gasteiger charge is -2.10. The van der Waals surface area contributed by atoms with Gasteiger partial charge in [-0.1, -0.05) is 12.1 Å². The normalized spacial score (nSPS) is 14.4. The Balaban J connectivity index is 2.34. The van der Waals surface area contributed by atoms with E-state index in [-0.39, 0.29) is 5.25 Å². The molecule has 1 aromatic carbocycles. The van der Waals surface area contributed by atoms with Crippen molar-refractivity contribution in [1.82, 2.24) is 5.32 Å². The van der Waals surface area contributed by atoms with Crippen LogP contribution in [0.2, 0.25) is 0 Å². The second-order valence-electron chi connectivity index (χ2n) is 3.79. The molecule has 2 unspecified atom stereocenters. The monoisotopic (exact) mass is 241 g/mol. The van der Waals surface area contributed by atoms with E-state index in [2.05, 4.69) is 5.32 Å². The highest BCUT2D eigenvalue weighted by atomic mass is 32.2. The largest absolute Gasteiger partial charge is 0.497 e. The van der Waals surface area contributed by atoms with Crippen molar-refractivity contribution in [2.24, 2.45) is 0 Å². The molecule has 0 radical (unpaired) electrons. The Morgan fingerprint density at radius 1 is 1.38 bits per heavy atom. The number of hydrogen-bond donors (Lipinski definition) is 1. The van der Waals surface area contributed by atoms with Crippen LogP contribution in [0.25, 0.3) is 0 Å². The molecule has 0 aliphatic carbocycles. The summed E-state index contributed by atoms with van der Waals surface area (Å²) >= 11 is 0. The van der Waals surface area contributed by atoms with E-state index in [1.807, 2.05) is 31.2 Å². The molecule has 0 bridgehead atoms. The second-order valence-corrected chi connectivity index (χ2v) is 5.59. The molecule has 3 nitrogen and oxygen atoms in total. The standard InChI is InChI=1S/C12H19NO2S/c1-10(16(3)14)8-13-9-11-4-6-12(15-2)7-5-11/h4-7,10,13H,8-9H2,1-3H3. The molecule has 0 heterocycles. The van der Waals surface area contributed by atoms with Crippen LogP contribution < -0.4 is 10.1 Å². The van der Waals surface area contributed by atoms with Gasteiger partial charge in [-0.3, -0.25) is 4.21 Å². The van der Waals surface area contributed by atoms with Gasteiger partial charge in [0.1, 0.15) is 5.75 Å². The van der Waals surface area contributed by atoms with Crippen LogP contribution in [0.15, 0.2) is 24.3 Å². The van der Waals surface area contributed by atoms with Crippen molar-refractivity contribution in [3.63, 3.8) is 0 Å². The van der Waals surface area contributed by atoms with Crippen LogP contribution in [-0.4, -0.2) is 29.4 Å². The number of methoxy groups -OCH3 is 1. The van der Waals surface area contributed by atoms with Gasteiger partial charge < -0.3 is 10.1 Å². The fourth-order valence-corrected chi connectivity index (χ4v) is 1.63. The topological polar surface area (TPSA) is 38.3 Å². The molecule has 4 heteroatoms. The summed E-state index contributed by atoms with van der Waals surface area (Å²) in [6, 6.07) is 7.94. The highest BCUT2D eigenvalue weighted by molar-refractivity contribution is 7.84. The first-order valence-corrected chi connectivity index (χ1v) is 6.91. The maximum atomic E-state index is 11.1. The van der Waals surface area contributed by atoms with E-state index in [0.717, 1.165) is 18.8 Å². The lowest BCUT2D eigenvalue weighted by atomic mass is 10.2. The van der Waals surface area contributed by atoms with Crippen LogP contribution in [0.5, 0.6) is 5.75 Å². The molecule has 0 aliphatic heterocycles. The smallest absolute Gasteiger partial charge is 0.118 e. The molecule has 0 amide bonds. The van der Waals surface area contributed by atoms with Crippen LogP contribution in [0.4, 0.5) is 0 Å². The summed E-state index contributed by atoms with van der Waals surface area (Å²) in [5.74, 6) is 0.867.